The number of para-hydroxylation sites is 2. The average Bonchev–Trinajstić information content (AvgIpc) is 3.21. The molecular formula is C28H24NOP. The summed E-state index contributed by atoms with van der Waals surface area (Å²) < 4.78 is 0. The van der Waals surface area contributed by atoms with Crippen molar-refractivity contribution in [2.45, 2.75) is 11.8 Å². The summed E-state index contributed by atoms with van der Waals surface area (Å²) in [5.41, 5.74) is 3.79. The number of aliphatic imine (C=N–C) groups is 1. The predicted molar refractivity (Wildman–Crippen MR) is 131 cm³/mol. The zero-order valence-electron chi connectivity index (χ0n) is 17.2. The van der Waals surface area contributed by atoms with Gasteiger partial charge in [0.2, 0.25) is 0 Å². The number of nitrogens with zero attached hydrogens (tertiary/aromatic N) is 1. The second-order valence-electron chi connectivity index (χ2n) is 7.80. The van der Waals surface area contributed by atoms with Crippen LogP contribution in [0.3, 0.4) is 0 Å². The number of phenols is 1. The van der Waals surface area contributed by atoms with Gasteiger partial charge in [0.05, 0.1) is 16.6 Å². The summed E-state index contributed by atoms with van der Waals surface area (Å²) in [5.74, 6) is 0.331. The van der Waals surface area contributed by atoms with Crippen molar-refractivity contribution < 1.29 is 5.11 Å². The maximum Gasteiger partial charge on any atom is 0.120 e. The average molecular weight is 421 g/mol. The molecule has 5 rings (SSSR count). The second-order valence-corrected chi connectivity index (χ2v) is 10.0. The first-order valence-electron chi connectivity index (χ1n) is 10.6. The lowest BCUT2D eigenvalue weighted by molar-refractivity contribution is 0.458. The van der Waals surface area contributed by atoms with Crippen LogP contribution in [0, 0.1) is 0 Å². The molecule has 0 saturated carbocycles. The number of hydrogen-bond acceptors (Lipinski definition) is 2. The van der Waals surface area contributed by atoms with Gasteiger partial charge in [-0.3, -0.25) is 4.99 Å². The molecule has 1 aliphatic rings. The first kappa shape index (κ1) is 19.7. The van der Waals surface area contributed by atoms with Crippen LogP contribution in [0.2, 0.25) is 0 Å². The fraction of sp³-hybridized carbons (Fsp3) is 0.107. The SMILES string of the molecule is Oc1ccccc1C1(c2ccccc2)CCP(c2ccccc2)C1=Nc1ccccc1. The quantitative estimate of drug-likeness (QED) is 0.369. The van der Waals surface area contributed by atoms with E-state index in [-0.39, 0.29) is 0 Å². The van der Waals surface area contributed by atoms with Gasteiger partial charge in [-0.1, -0.05) is 97.1 Å². The lowest BCUT2D eigenvalue weighted by atomic mass is 9.73. The fourth-order valence-electron chi connectivity index (χ4n) is 4.61. The standard InChI is InChI=1S/C28H24NOP/c30-26-19-11-10-18-25(26)28(22-12-4-1-5-13-22)20-21-31(24-16-8-3-9-17-24)27(28)29-23-14-6-2-7-15-23/h1-19,30H,20-21H2. The highest BCUT2D eigenvalue weighted by molar-refractivity contribution is 7.82. The van der Waals surface area contributed by atoms with Crippen LogP contribution in [0.25, 0.3) is 0 Å². The number of aromatic hydroxyl groups is 1. The molecule has 0 aromatic heterocycles. The first-order chi connectivity index (χ1) is 15.3. The van der Waals surface area contributed by atoms with Gasteiger partial charge in [0, 0.05) is 5.56 Å². The Kier molecular flexibility index (Phi) is 5.40. The molecule has 0 bridgehead atoms. The summed E-state index contributed by atoms with van der Waals surface area (Å²) in [5, 5.41) is 12.3. The highest BCUT2D eigenvalue weighted by Gasteiger charge is 2.49. The van der Waals surface area contributed by atoms with Crippen LogP contribution in [0.1, 0.15) is 17.5 Å². The van der Waals surface area contributed by atoms with E-state index < -0.39 is 13.3 Å². The Morgan fingerprint density at radius 1 is 0.677 bits per heavy atom. The van der Waals surface area contributed by atoms with Crippen LogP contribution in [-0.4, -0.2) is 16.7 Å². The predicted octanol–water partition coefficient (Wildman–Crippen LogP) is 6.62. The molecule has 4 aromatic carbocycles. The molecule has 2 atom stereocenters. The Bertz CT molecular complexity index is 1190. The van der Waals surface area contributed by atoms with E-state index >= 15 is 0 Å². The molecule has 31 heavy (non-hydrogen) atoms. The van der Waals surface area contributed by atoms with Crippen molar-refractivity contribution in [3.8, 4) is 5.75 Å². The number of benzene rings is 4. The minimum absolute atomic E-state index is 0.331. The van der Waals surface area contributed by atoms with E-state index in [9.17, 15) is 5.11 Å². The molecule has 1 aliphatic heterocycles. The topological polar surface area (TPSA) is 32.6 Å². The number of rotatable bonds is 4. The minimum atomic E-state index is -0.636. The minimum Gasteiger partial charge on any atom is -0.508 e. The normalized spacial score (nSPS) is 21.9. The van der Waals surface area contributed by atoms with Crippen LogP contribution < -0.4 is 5.30 Å². The zero-order chi connectivity index (χ0) is 21.1. The largest absolute Gasteiger partial charge is 0.508 e. The summed E-state index contributed by atoms with van der Waals surface area (Å²) in [6.07, 6.45) is 1.95. The van der Waals surface area contributed by atoms with Gasteiger partial charge in [-0.05, 0) is 49.6 Å². The van der Waals surface area contributed by atoms with E-state index in [1.165, 1.54) is 10.9 Å². The fourth-order valence-corrected chi connectivity index (χ4v) is 7.47. The first-order valence-corrected chi connectivity index (χ1v) is 12.1. The van der Waals surface area contributed by atoms with Crippen molar-refractivity contribution in [3.63, 3.8) is 0 Å². The molecule has 1 saturated heterocycles. The third kappa shape index (κ3) is 3.58. The monoisotopic (exact) mass is 421 g/mol. The van der Waals surface area contributed by atoms with Crippen molar-refractivity contribution in [3.05, 3.63) is 126 Å². The van der Waals surface area contributed by atoms with E-state index in [0.717, 1.165) is 29.3 Å². The Morgan fingerprint density at radius 3 is 1.94 bits per heavy atom. The van der Waals surface area contributed by atoms with Crippen molar-refractivity contribution >= 4 is 24.4 Å². The van der Waals surface area contributed by atoms with E-state index in [2.05, 4.69) is 72.8 Å². The lowest BCUT2D eigenvalue weighted by Gasteiger charge is -2.33. The van der Waals surface area contributed by atoms with Gasteiger partial charge < -0.3 is 5.11 Å². The molecule has 0 spiro atoms. The van der Waals surface area contributed by atoms with E-state index in [0.29, 0.717) is 5.75 Å². The van der Waals surface area contributed by atoms with Gasteiger partial charge in [-0.2, -0.15) is 0 Å². The third-order valence-corrected chi connectivity index (χ3v) is 8.62. The zero-order valence-corrected chi connectivity index (χ0v) is 18.1. The smallest absolute Gasteiger partial charge is 0.120 e. The van der Waals surface area contributed by atoms with Gasteiger partial charge in [0.15, 0.2) is 0 Å². The summed E-state index contributed by atoms with van der Waals surface area (Å²) in [6.45, 7) is 0. The molecule has 0 aliphatic carbocycles. The number of phenolic OH excluding ortho intramolecular Hbond substituents is 1. The van der Waals surface area contributed by atoms with Crippen molar-refractivity contribution in [2.24, 2.45) is 4.99 Å². The molecule has 1 N–H and O–H groups in total. The lowest BCUT2D eigenvalue weighted by Crippen LogP contribution is -2.33. The van der Waals surface area contributed by atoms with Crippen molar-refractivity contribution in [1.29, 1.82) is 0 Å². The molecule has 2 nitrogen and oxygen atoms in total. The van der Waals surface area contributed by atoms with E-state index in [1.54, 1.807) is 6.07 Å². The van der Waals surface area contributed by atoms with Crippen LogP contribution in [-0.2, 0) is 5.41 Å². The Labute approximate surface area is 184 Å². The van der Waals surface area contributed by atoms with Gasteiger partial charge in [-0.15, -0.1) is 0 Å². The molecule has 1 heterocycles. The highest BCUT2D eigenvalue weighted by atomic mass is 31.1. The maximum atomic E-state index is 11.0. The number of hydrogen-bond donors (Lipinski definition) is 1. The van der Waals surface area contributed by atoms with Crippen LogP contribution in [0.5, 0.6) is 5.75 Å². The molecule has 0 amide bonds. The molecule has 152 valence electrons. The van der Waals surface area contributed by atoms with Crippen molar-refractivity contribution in [2.75, 3.05) is 6.16 Å². The Hall–Kier alpha value is -3.22. The third-order valence-electron chi connectivity index (χ3n) is 6.04. The summed E-state index contributed by atoms with van der Waals surface area (Å²) in [6, 6.07) is 39.3. The summed E-state index contributed by atoms with van der Waals surface area (Å²) in [7, 11) is -0.636. The summed E-state index contributed by atoms with van der Waals surface area (Å²) in [4.78, 5) is 5.30. The Morgan fingerprint density at radius 2 is 1.26 bits per heavy atom. The van der Waals surface area contributed by atoms with E-state index in [4.69, 9.17) is 4.99 Å². The van der Waals surface area contributed by atoms with Crippen LogP contribution in [0.4, 0.5) is 5.69 Å². The highest BCUT2D eigenvalue weighted by Crippen LogP contribution is 2.59. The van der Waals surface area contributed by atoms with E-state index in [1.807, 2.05) is 36.4 Å². The van der Waals surface area contributed by atoms with Crippen molar-refractivity contribution in [1.82, 2.24) is 0 Å². The van der Waals surface area contributed by atoms with Crippen LogP contribution in [0.15, 0.2) is 120 Å². The van der Waals surface area contributed by atoms with Crippen LogP contribution >= 0.6 is 7.92 Å². The molecule has 2 unspecified atom stereocenters. The molecule has 0 radical (unpaired) electrons. The van der Waals surface area contributed by atoms with Gasteiger partial charge in [-0.25, -0.2) is 0 Å². The molecule has 3 heteroatoms. The Balaban J connectivity index is 1.80. The molecule has 4 aromatic rings. The summed E-state index contributed by atoms with van der Waals surface area (Å²) >= 11 is 0. The van der Waals surface area contributed by atoms with Gasteiger partial charge in [0.1, 0.15) is 5.75 Å². The second kappa shape index (κ2) is 8.49. The van der Waals surface area contributed by atoms with Gasteiger partial charge in [0.25, 0.3) is 0 Å². The molecular weight excluding hydrogens is 397 g/mol. The maximum absolute atomic E-state index is 11.0. The van der Waals surface area contributed by atoms with Gasteiger partial charge >= 0.3 is 0 Å². The molecule has 1 fully saturated rings.